The predicted octanol–water partition coefficient (Wildman–Crippen LogP) is 4.85. The van der Waals surface area contributed by atoms with Crippen LogP contribution in [0.15, 0.2) is 10.8 Å². The van der Waals surface area contributed by atoms with E-state index in [0.717, 1.165) is 15.7 Å². The lowest BCUT2D eigenvalue weighted by Gasteiger charge is -2.24. The van der Waals surface area contributed by atoms with Crippen LogP contribution in [0.3, 0.4) is 0 Å². The molecule has 0 bridgehead atoms. The third-order valence-corrected chi connectivity index (χ3v) is 5.16. The first-order valence-electron chi connectivity index (χ1n) is 8.73. The van der Waals surface area contributed by atoms with Crippen LogP contribution in [-0.2, 0) is 9.47 Å². The van der Waals surface area contributed by atoms with Crippen molar-refractivity contribution in [1.82, 2.24) is 15.3 Å². The van der Waals surface area contributed by atoms with Gasteiger partial charge in [-0.1, -0.05) is 13.8 Å². The van der Waals surface area contributed by atoms with E-state index < -0.39 is 11.7 Å². The summed E-state index contributed by atoms with van der Waals surface area (Å²) in [5.74, 6) is 0.205. The van der Waals surface area contributed by atoms with Crippen LogP contribution < -0.4 is 5.32 Å². The molecule has 0 saturated heterocycles. The van der Waals surface area contributed by atoms with Gasteiger partial charge in [0, 0.05) is 10.8 Å². The second kappa shape index (κ2) is 8.79. The Morgan fingerprint density at radius 1 is 1.26 bits per heavy atom. The van der Waals surface area contributed by atoms with Gasteiger partial charge in [-0.2, -0.15) is 0 Å². The van der Waals surface area contributed by atoms with Gasteiger partial charge in [-0.15, -0.1) is 22.7 Å². The van der Waals surface area contributed by atoms with Crippen LogP contribution in [0.1, 0.15) is 58.3 Å². The lowest BCUT2D eigenvalue weighted by atomic mass is 10.1. The summed E-state index contributed by atoms with van der Waals surface area (Å²) in [5.41, 5.74) is 0.674. The molecule has 2 rings (SSSR count). The van der Waals surface area contributed by atoms with Gasteiger partial charge < -0.3 is 14.8 Å². The summed E-state index contributed by atoms with van der Waals surface area (Å²) in [7, 11) is 0. The maximum Gasteiger partial charge on any atom is 0.408 e. The van der Waals surface area contributed by atoms with Gasteiger partial charge in [-0.05, 0) is 33.6 Å². The highest BCUT2D eigenvalue weighted by molar-refractivity contribution is 7.14. The topological polar surface area (TPSA) is 97.2 Å². The molecular weight excluding hydrogens is 384 g/mol. The van der Waals surface area contributed by atoms with Crippen LogP contribution in [0.4, 0.5) is 4.79 Å². The highest BCUT2D eigenvalue weighted by Crippen LogP contribution is 2.31. The molecule has 0 fully saturated rings. The zero-order valence-corrected chi connectivity index (χ0v) is 18.1. The van der Waals surface area contributed by atoms with E-state index in [1.54, 1.807) is 5.38 Å². The van der Waals surface area contributed by atoms with Crippen molar-refractivity contribution >= 4 is 34.7 Å². The Hall–Kier alpha value is -2.00. The molecule has 7 nitrogen and oxygen atoms in total. The Bertz CT molecular complexity index is 793. The molecule has 0 radical (unpaired) electrons. The highest BCUT2D eigenvalue weighted by atomic mass is 32.1. The summed E-state index contributed by atoms with van der Waals surface area (Å²) in [5, 5.41) is 15.9. The molecule has 0 aliphatic carbocycles. The zero-order valence-electron chi connectivity index (χ0n) is 16.5. The average Bonchev–Trinajstić information content (AvgIpc) is 3.20. The standard InChI is InChI=1S/C18H26N4O3S2/c1-7-24-14(19)11-8-26-15(20-11)12-9-27-16(21-12)13(10(2)3)22-17(23)25-18(4,5)6/h8-10,13,19H,7H2,1-6H3,(H,22,23)/t13-/m0/s1. The van der Waals surface area contributed by atoms with Crippen LogP contribution >= 0.6 is 22.7 Å². The van der Waals surface area contributed by atoms with E-state index in [9.17, 15) is 4.79 Å². The second-order valence-corrected chi connectivity index (χ2v) is 8.99. The number of carbonyl (C=O) groups is 1. The Kier molecular flexibility index (Phi) is 6.94. The average molecular weight is 411 g/mol. The van der Waals surface area contributed by atoms with Gasteiger partial charge in [0.05, 0.1) is 12.6 Å². The molecule has 9 heteroatoms. The van der Waals surface area contributed by atoms with E-state index in [4.69, 9.17) is 14.9 Å². The Balaban J connectivity index is 2.16. The molecule has 0 saturated carbocycles. The van der Waals surface area contributed by atoms with Crippen LogP contribution in [0, 0.1) is 11.3 Å². The van der Waals surface area contributed by atoms with Gasteiger partial charge in [0.1, 0.15) is 27.0 Å². The quantitative estimate of drug-likeness (QED) is 0.524. The summed E-state index contributed by atoms with van der Waals surface area (Å²) >= 11 is 2.88. The second-order valence-electron chi connectivity index (χ2n) is 7.24. The van der Waals surface area contributed by atoms with Crippen molar-refractivity contribution in [3.63, 3.8) is 0 Å². The normalized spacial score (nSPS) is 12.7. The fraction of sp³-hybridized carbons (Fsp3) is 0.556. The Morgan fingerprint density at radius 3 is 2.56 bits per heavy atom. The molecule has 2 heterocycles. The van der Waals surface area contributed by atoms with E-state index in [0.29, 0.717) is 12.3 Å². The molecule has 27 heavy (non-hydrogen) atoms. The van der Waals surface area contributed by atoms with Crippen molar-refractivity contribution in [3.05, 3.63) is 21.5 Å². The number of thiazole rings is 2. The monoisotopic (exact) mass is 410 g/mol. The number of nitrogens with one attached hydrogen (secondary N) is 2. The lowest BCUT2D eigenvalue weighted by molar-refractivity contribution is 0.0489. The molecular formula is C18H26N4O3S2. The first-order chi connectivity index (χ1) is 12.6. The van der Waals surface area contributed by atoms with Crippen LogP contribution in [0.5, 0.6) is 0 Å². The van der Waals surface area contributed by atoms with Gasteiger partial charge in [0.2, 0.25) is 5.90 Å². The molecule has 2 aromatic heterocycles. The summed E-state index contributed by atoms with van der Waals surface area (Å²) in [4.78, 5) is 21.2. The van der Waals surface area contributed by atoms with E-state index >= 15 is 0 Å². The largest absolute Gasteiger partial charge is 0.477 e. The number of aromatic nitrogens is 2. The van der Waals surface area contributed by atoms with Crippen molar-refractivity contribution < 1.29 is 14.3 Å². The van der Waals surface area contributed by atoms with Gasteiger partial charge in [-0.25, -0.2) is 14.8 Å². The number of carbonyl (C=O) groups excluding carboxylic acids is 1. The SMILES string of the molecule is CCOC(=N)c1csc(-c2csc([C@@H](NC(=O)OC(C)(C)C)C(C)C)n2)n1. The molecule has 0 spiro atoms. The summed E-state index contributed by atoms with van der Waals surface area (Å²) in [6.07, 6.45) is -0.459. The predicted molar refractivity (Wildman–Crippen MR) is 109 cm³/mol. The number of ether oxygens (including phenoxy) is 2. The van der Waals surface area contributed by atoms with E-state index in [1.807, 2.05) is 46.9 Å². The fourth-order valence-corrected chi connectivity index (χ4v) is 4.05. The first kappa shape index (κ1) is 21.3. The van der Waals surface area contributed by atoms with Crippen molar-refractivity contribution in [1.29, 1.82) is 5.41 Å². The van der Waals surface area contributed by atoms with Gasteiger partial charge in [-0.3, -0.25) is 5.41 Å². The molecule has 0 unspecified atom stereocenters. The summed E-state index contributed by atoms with van der Waals surface area (Å²) in [6.45, 7) is 11.8. The lowest BCUT2D eigenvalue weighted by Crippen LogP contribution is -2.36. The number of nitrogens with zero attached hydrogens (tertiary/aromatic N) is 2. The van der Waals surface area contributed by atoms with Gasteiger partial charge in [0.25, 0.3) is 0 Å². The Labute approximate surface area is 167 Å². The summed E-state index contributed by atoms with van der Waals surface area (Å²) < 4.78 is 10.5. The first-order valence-corrected chi connectivity index (χ1v) is 10.5. The van der Waals surface area contributed by atoms with Crippen molar-refractivity contribution in [2.45, 2.75) is 53.2 Å². The summed E-state index contributed by atoms with van der Waals surface area (Å²) in [6, 6.07) is -0.250. The third-order valence-electron chi connectivity index (χ3n) is 3.37. The van der Waals surface area contributed by atoms with Gasteiger partial charge >= 0.3 is 6.09 Å². The van der Waals surface area contributed by atoms with Crippen LogP contribution in [0.25, 0.3) is 10.7 Å². The zero-order chi connectivity index (χ0) is 20.2. The van der Waals surface area contributed by atoms with E-state index in [2.05, 4.69) is 15.3 Å². The minimum absolute atomic E-state index is 0.0575. The molecule has 0 aromatic carbocycles. The minimum Gasteiger partial charge on any atom is -0.477 e. The van der Waals surface area contributed by atoms with E-state index in [-0.39, 0.29) is 17.9 Å². The van der Waals surface area contributed by atoms with Crippen LogP contribution in [-0.4, -0.2) is 34.2 Å². The molecule has 148 valence electrons. The Morgan fingerprint density at radius 2 is 1.96 bits per heavy atom. The van der Waals surface area contributed by atoms with E-state index in [1.165, 1.54) is 22.7 Å². The van der Waals surface area contributed by atoms with Crippen LogP contribution in [0.2, 0.25) is 0 Å². The number of rotatable bonds is 6. The minimum atomic E-state index is -0.554. The van der Waals surface area contributed by atoms with Gasteiger partial charge in [0.15, 0.2) is 0 Å². The number of alkyl carbamates (subject to hydrolysis) is 1. The fourth-order valence-electron chi connectivity index (χ4n) is 2.19. The number of hydrogen-bond donors (Lipinski definition) is 2. The molecule has 2 N–H and O–H groups in total. The number of amides is 1. The molecule has 1 atom stereocenters. The third kappa shape index (κ3) is 6.00. The molecule has 0 aliphatic rings. The highest BCUT2D eigenvalue weighted by Gasteiger charge is 2.25. The van der Waals surface area contributed by atoms with Crippen molar-refractivity contribution in [2.75, 3.05) is 6.61 Å². The molecule has 2 aromatic rings. The molecule has 1 amide bonds. The van der Waals surface area contributed by atoms with Crippen molar-refractivity contribution in [2.24, 2.45) is 5.92 Å². The maximum atomic E-state index is 12.2. The van der Waals surface area contributed by atoms with Crippen molar-refractivity contribution in [3.8, 4) is 10.7 Å². The number of hydrogen-bond acceptors (Lipinski definition) is 8. The maximum absolute atomic E-state index is 12.2. The molecule has 0 aliphatic heterocycles. The smallest absolute Gasteiger partial charge is 0.408 e.